The number of H-pyrrole nitrogens is 1. The third-order valence-electron chi connectivity index (χ3n) is 6.06. The van der Waals surface area contributed by atoms with Gasteiger partial charge >= 0.3 is 5.97 Å². The van der Waals surface area contributed by atoms with Gasteiger partial charge in [-0.05, 0) is 18.2 Å². The Morgan fingerprint density at radius 3 is 2.21 bits per heavy atom. The molecule has 0 saturated heterocycles. The fraction of sp³-hybridized carbons (Fsp3) is 0.0741. The number of fused-ring (bicyclic) bond motifs is 1. The highest BCUT2D eigenvalue weighted by Crippen LogP contribution is 2.29. The molecule has 43 heavy (non-hydrogen) atoms. The molecule has 0 spiro atoms. The minimum atomic E-state index is -2.47. The third-order valence-corrected chi connectivity index (χ3v) is 6.06. The Bertz CT molecular complexity index is 1920. The molecule has 0 saturated carbocycles. The highest BCUT2D eigenvalue weighted by Gasteiger charge is 2.41. The van der Waals surface area contributed by atoms with Crippen molar-refractivity contribution < 1.29 is 38.6 Å². The van der Waals surface area contributed by atoms with Crippen LogP contribution < -0.4 is 10.9 Å². The van der Waals surface area contributed by atoms with Gasteiger partial charge in [0.25, 0.3) is 28.6 Å². The van der Waals surface area contributed by atoms with Gasteiger partial charge in [0, 0.05) is 29.3 Å². The number of hydrogen-bond acceptors (Lipinski definition) is 12. The number of benzene rings is 3. The summed E-state index contributed by atoms with van der Waals surface area (Å²) in [5.74, 6) is -9.60. The summed E-state index contributed by atoms with van der Waals surface area (Å²) in [6, 6.07) is 14.3. The summed E-state index contributed by atoms with van der Waals surface area (Å²) in [5.41, 5.74) is -3.83. The van der Waals surface area contributed by atoms with Crippen molar-refractivity contribution in [3.63, 3.8) is 0 Å². The zero-order valence-electron chi connectivity index (χ0n) is 21.8. The first-order chi connectivity index (χ1) is 20.4. The van der Waals surface area contributed by atoms with Crippen LogP contribution in [0.25, 0.3) is 11.0 Å². The van der Waals surface area contributed by atoms with Gasteiger partial charge in [-0.1, -0.05) is 30.3 Å². The molecule has 0 fully saturated rings. The fourth-order valence-corrected chi connectivity index (χ4v) is 3.99. The smallest absolute Gasteiger partial charge is 0.375 e. The summed E-state index contributed by atoms with van der Waals surface area (Å²) in [7, 11) is 0.803. The van der Waals surface area contributed by atoms with Crippen LogP contribution >= 0.6 is 0 Å². The predicted molar refractivity (Wildman–Crippen MR) is 145 cm³/mol. The summed E-state index contributed by atoms with van der Waals surface area (Å²) in [4.78, 5) is 104. The van der Waals surface area contributed by atoms with Crippen LogP contribution in [0.5, 0.6) is 0 Å². The molecule has 1 atom stereocenters. The molecule has 0 bridgehead atoms. The monoisotopic (exact) mass is 587 g/mol. The highest BCUT2D eigenvalue weighted by molar-refractivity contribution is 6.52. The van der Waals surface area contributed by atoms with E-state index in [1.807, 2.05) is 5.32 Å². The Kier molecular flexibility index (Phi) is 8.22. The molecule has 0 aliphatic rings. The van der Waals surface area contributed by atoms with E-state index < -0.39 is 67.5 Å². The van der Waals surface area contributed by atoms with Crippen molar-refractivity contribution >= 4 is 57.3 Å². The fourth-order valence-electron chi connectivity index (χ4n) is 3.99. The normalized spacial score (nSPS) is 11.3. The van der Waals surface area contributed by atoms with E-state index in [0.29, 0.717) is 17.7 Å². The maximum absolute atomic E-state index is 13.2. The maximum atomic E-state index is 13.2. The number of esters is 1. The Hall–Kier alpha value is -6.45. The van der Waals surface area contributed by atoms with Crippen LogP contribution in [-0.4, -0.2) is 56.2 Å². The van der Waals surface area contributed by atoms with Gasteiger partial charge in [0.05, 0.1) is 28.0 Å². The first-order valence-corrected chi connectivity index (χ1v) is 12.0. The first-order valence-electron chi connectivity index (χ1n) is 12.0. The number of nitrogens with zero attached hydrogens (tertiary/aromatic N) is 3. The minimum Gasteiger partial charge on any atom is -0.463 e. The van der Waals surface area contributed by atoms with Crippen LogP contribution in [0.3, 0.4) is 0 Å². The molecule has 16 nitrogen and oxygen atoms in total. The van der Waals surface area contributed by atoms with Gasteiger partial charge in [0.15, 0.2) is 5.78 Å². The second kappa shape index (κ2) is 12.0. The number of hydrogen-bond donors (Lipinski definition) is 2. The Balaban J connectivity index is 1.75. The van der Waals surface area contributed by atoms with Gasteiger partial charge in [-0.3, -0.25) is 44.2 Å². The number of anilines is 1. The van der Waals surface area contributed by atoms with E-state index in [0.717, 1.165) is 13.2 Å². The number of amides is 1. The summed E-state index contributed by atoms with van der Waals surface area (Å²) in [6.45, 7) is 0. The van der Waals surface area contributed by atoms with Crippen LogP contribution in [0, 0.1) is 20.2 Å². The first kappa shape index (κ1) is 29.5. The number of carbonyl (C=O) groups excluding carboxylic acids is 5. The molecule has 0 unspecified atom stereocenters. The van der Waals surface area contributed by atoms with E-state index in [-0.39, 0.29) is 22.4 Å². The molecular formula is C27H17N5O11. The van der Waals surface area contributed by atoms with Gasteiger partial charge in [-0.25, -0.2) is 9.78 Å². The zero-order valence-corrected chi connectivity index (χ0v) is 21.8. The molecule has 216 valence electrons. The summed E-state index contributed by atoms with van der Waals surface area (Å²) in [5, 5.41) is 24.3. The van der Waals surface area contributed by atoms with Crippen molar-refractivity contribution in [2.75, 3.05) is 12.4 Å². The Morgan fingerprint density at radius 2 is 1.58 bits per heavy atom. The van der Waals surface area contributed by atoms with Gasteiger partial charge in [-0.15, -0.1) is 0 Å². The van der Waals surface area contributed by atoms with Gasteiger partial charge in [-0.2, -0.15) is 0 Å². The quantitative estimate of drug-likeness (QED) is 0.0676. The minimum absolute atomic E-state index is 0.0175. The van der Waals surface area contributed by atoms with Crippen LogP contribution in [0.4, 0.5) is 17.1 Å². The number of carbonyl (C=O) groups is 5. The number of ether oxygens (including phenoxy) is 1. The molecular weight excluding hydrogens is 570 g/mol. The van der Waals surface area contributed by atoms with Crippen molar-refractivity contribution in [1.82, 2.24) is 9.97 Å². The lowest BCUT2D eigenvalue weighted by molar-refractivity contribution is -0.388. The van der Waals surface area contributed by atoms with Crippen molar-refractivity contribution in [3.8, 4) is 0 Å². The Morgan fingerprint density at radius 1 is 0.884 bits per heavy atom. The van der Waals surface area contributed by atoms with E-state index in [1.165, 1.54) is 18.2 Å². The highest BCUT2D eigenvalue weighted by atomic mass is 16.6. The topological polar surface area (TPSA) is 239 Å². The number of non-ortho nitro benzene ring substituents is 1. The standard InChI is InChI=1S/C27H17N5O11/c1-43-27(38)24(35)20(23(34)26(37)30-18-12-15(31(39)40)8-10-19(18)32(41)42)21-25(36)29-17-11-14(7-9-16(17)28-21)22(33)13-5-3-2-4-6-13/h2-12,20H,1H3,(H,29,36)(H,30,37)/t20-/m1/s1. The molecule has 0 aliphatic carbocycles. The molecule has 0 radical (unpaired) electrons. The number of nitrogens with one attached hydrogen (secondary N) is 2. The number of aromatic nitrogens is 2. The molecule has 4 aromatic rings. The van der Waals surface area contributed by atoms with Crippen LogP contribution in [0.15, 0.2) is 71.5 Å². The number of ketones is 3. The Labute approximate surface area is 238 Å². The number of Topliss-reactive ketones (excluding diaryl/α,β-unsaturated/α-hetero) is 2. The molecule has 1 aromatic heterocycles. The van der Waals surface area contributed by atoms with Crippen molar-refractivity contribution in [1.29, 1.82) is 0 Å². The van der Waals surface area contributed by atoms with Gasteiger partial charge in [0.2, 0.25) is 5.78 Å². The van der Waals surface area contributed by atoms with E-state index in [4.69, 9.17) is 0 Å². The van der Waals surface area contributed by atoms with Crippen molar-refractivity contribution in [3.05, 3.63) is 114 Å². The van der Waals surface area contributed by atoms with Crippen LogP contribution in [-0.2, 0) is 23.9 Å². The largest absolute Gasteiger partial charge is 0.463 e. The predicted octanol–water partition coefficient (Wildman–Crippen LogP) is 2.00. The molecule has 1 amide bonds. The second-order valence-corrected chi connectivity index (χ2v) is 8.70. The molecule has 2 N–H and O–H groups in total. The van der Waals surface area contributed by atoms with Gasteiger partial charge in [0.1, 0.15) is 17.3 Å². The SMILES string of the molecule is COC(=O)C(=O)[C@@H](C(=O)C(=O)Nc1cc([N+](=O)[O-])ccc1[N+](=O)[O-])c1nc2ccc(C(=O)c3ccccc3)cc2[nH]c1=O. The summed E-state index contributed by atoms with van der Waals surface area (Å²) in [6.07, 6.45) is 0. The van der Waals surface area contributed by atoms with Crippen LogP contribution in [0.2, 0.25) is 0 Å². The van der Waals surface area contributed by atoms with Crippen molar-refractivity contribution in [2.45, 2.75) is 5.92 Å². The average molecular weight is 587 g/mol. The zero-order chi connectivity index (χ0) is 31.4. The molecule has 3 aromatic carbocycles. The lowest BCUT2D eigenvalue weighted by Crippen LogP contribution is -2.39. The van der Waals surface area contributed by atoms with Crippen LogP contribution in [0.1, 0.15) is 27.5 Å². The molecule has 4 rings (SSSR count). The van der Waals surface area contributed by atoms with Crippen molar-refractivity contribution in [2.24, 2.45) is 0 Å². The summed E-state index contributed by atoms with van der Waals surface area (Å²) < 4.78 is 4.35. The maximum Gasteiger partial charge on any atom is 0.375 e. The molecule has 0 aliphatic heterocycles. The number of methoxy groups -OCH3 is 1. The van der Waals surface area contributed by atoms with E-state index >= 15 is 0 Å². The second-order valence-electron chi connectivity index (χ2n) is 8.70. The lowest BCUT2D eigenvalue weighted by Gasteiger charge is -2.13. The summed E-state index contributed by atoms with van der Waals surface area (Å²) >= 11 is 0. The van der Waals surface area contributed by atoms with Gasteiger partial charge < -0.3 is 15.0 Å². The molecule has 16 heteroatoms. The van der Waals surface area contributed by atoms with E-state index in [1.54, 1.807) is 30.3 Å². The number of nitro benzene ring substituents is 2. The number of rotatable bonds is 10. The van der Waals surface area contributed by atoms with E-state index in [2.05, 4.69) is 14.7 Å². The molecule has 1 heterocycles. The number of nitro groups is 2. The lowest BCUT2D eigenvalue weighted by atomic mass is 9.94. The third kappa shape index (κ3) is 6.02. The van der Waals surface area contributed by atoms with E-state index in [9.17, 15) is 49.0 Å². The average Bonchev–Trinajstić information content (AvgIpc) is 3.00. The number of aromatic amines is 1.